The summed E-state index contributed by atoms with van der Waals surface area (Å²) >= 11 is 3.62. The topological polar surface area (TPSA) is 0 Å². The Labute approximate surface area is 116 Å². The van der Waals surface area contributed by atoms with E-state index in [2.05, 4.69) is 72.3 Å². The molecular weight excluding hydrogens is 284 g/mol. The number of aryl methyl sites for hydroxylation is 2. The minimum Gasteiger partial charge on any atom is -0.0795 e. The van der Waals surface area contributed by atoms with Gasteiger partial charge in [-0.05, 0) is 60.2 Å². The van der Waals surface area contributed by atoms with E-state index in [-0.39, 0.29) is 0 Å². The van der Waals surface area contributed by atoms with E-state index in [1.807, 2.05) is 0 Å². The fraction of sp³-hybridized carbons (Fsp3) is 0.176. The van der Waals surface area contributed by atoms with Gasteiger partial charge in [-0.25, -0.2) is 0 Å². The maximum atomic E-state index is 3.62. The first-order valence-electron chi connectivity index (χ1n) is 6.22. The Balaban J connectivity index is 2.27. The van der Waals surface area contributed by atoms with Crippen molar-refractivity contribution in [3.05, 3.63) is 63.1 Å². The van der Waals surface area contributed by atoms with Crippen LogP contribution in [0.4, 0.5) is 0 Å². The number of hydrogen-bond donors (Lipinski definition) is 0. The van der Waals surface area contributed by atoms with Crippen LogP contribution in [0.5, 0.6) is 0 Å². The zero-order valence-corrected chi connectivity index (χ0v) is 12.2. The van der Waals surface area contributed by atoms with Crippen LogP contribution >= 0.6 is 15.9 Å². The molecule has 0 atom stereocenters. The largest absolute Gasteiger partial charge is 0.0795 e. The second kappa shape index (κ2) is 4.40. The van der Waals surface area contributed by atoms with Gasteiger partial charge in [-0.15, -0.1) is 0 Å². The molecule has 2 aromatic carbocycles. The van der Waals surface area contributed by atoms with Gasteiger partial charge < -0.3 is 0 Å². The highest BCUT2D eigenvalue weighted by atomic mass is 79.9. The maximum absolute atomic E-state index is 3.62. The molecule has 0 unspecified atom stereocenters. The van der Waals surface area contributed by atoms with E-state index in [4.69, 9.17) is 0 Å². The van der Waals surface area contributed by atoms with Crippen LogP contribution in [0.25, 0.3) is 17.2 Å². The molecule has 1 heteroatoms. The van der Waals surface area contributed by atoms with Gasteiger partial charge in [0.15, 0.2) is 0 Å². The van der Waals surface area contributed by atoms with Crippen molar-refractivity contribution in [2.24, 2.45) is 0 Å². The Bertz CT molecular complexity index is 651. The van der Waals surface area contributed by atoms with Crippen molar-refractivity contribution >= 4 is 22.0 Å². The second-order valence-corrected chi connectivity index (χ2v) is 5.86. The predicted molar refractivity (Wildman–Crippen MR) is 81.8 cm³/mol. The Kier molecular flexibility index (Phi) is 2.87. The molecule has 0 bridgehead atoms. The number of rotatable bonds is 1. The molecule has 1 aliphatic rings. The molecule has 0 aromatic heterocycles. The molecule has 3 rings (SSSR count). The van der Waals surface area contributed by atoms with Crippen LogP contribution in [0.15, 0.2) is 40.9 Å². The van der Waals surface area contributed by atoms with E-state index < -0.39 is 0 Å². The summed E-state index contributed by atoms with van der Waals surface area (Å²) in [5.74, 6) is 0. The van der Waals surface area contributed by atoms with Gasteiger partial charge in [0.25, 0.3) is 0 Å². The molecule has 90 valence electrons. The van der Waals surface area contributed by atoms with E-state index in [1.165, 1.54) is 33.4 Å². The van der Waals surface area contributed by atoms with Gasteiger partial charge in [-0.2, -0.15) is 0 Å². The molecule has 0 saturated heterocycles. The Morgan fingerprint density at radius 3 is 2.67 bits per heavy atom. The molecule has 0 spiro atoms. The molecule has 18 heavy (non-hydrogen) atoms. The molecule has 1 aliphatic carbocycles. The first-order valence-corrected chi connectivity index (χ1v) is 7.01. The zero-order valence-electron chi connectivity index (χ0n) is 10.6. The fourth-order valence-corrected chi connectivity index (χ4v) is 3.08. The highest BCUT2D eigenvalue weighted by Gasteiger charge is 2.14. The number of fused-ring (bicyclic) bond motifs is 1. The van der Waals surface area contributed by atoms with Crippen LogP contribution in [0.2, 0.25) is 0 Å². The van der Waals surface area contributed by atoms with Gasteiger partial charge in [0.05, 0.1) is 0 Å². The fourth-order valence-electron chi connectivity index (χ4n) is 2.60. The predicted octanol–water partition coefficient (Wildman–Crippen LogP) is 5.30. The number of hydrogen-bond acceptors (Lipinski definition) is 0. The minimum atomic E-state index is 1.05. The van der Waals surface area contributed by atoms with Gasteiger partial charge in [-0.1, -0.05) is 51.8 Å². The number of benzene rings is 2. The van der Waals surface area contributed by atoms with Crippen molar-refractivity contribution in [2.45, 2.75) is 20.3 Å². The Hall–Kier alpha value is -1.34. The van der Waals surface area contributed by atoms with Crippen LogP contribution in [0.3, 0.4) is 0 Å². The summed E-state index contributed by atoms with van der Waals surface area (Å²) in [6.45, 7) is 4.34. The monoisotopic (exact) mass is 298 g/mol. The quantitative estimate of drug-likeness (QED) is 0.670. The summed E-state index contributed by atoms with van der Waals surface area (Å²) in [5.41, 5.74) is 8.18. The first-order chi connectivity index (χ1) is 8.65. The van der Waals surface area contributed by atoms with Crippen molar-refractivity contribution in [1.82, 2.24) is 0 Å². The van der Waals surface area contributed by atoms with Gasteiger partial charge in [0, 0.05) is 4.47 Å². The van der Waals surface area contributed by atoms with Crippen LogP contribution in [-0.2, 0) is 6.42 Å². The van der Waals surface area contributed by atoms with Crippen molar-refractivity contribution in [3.8, 4) is 11.1 Å². The van der Waals surface area contributed by atoms with Crippen LogP contribution < -0.4 is 0 Å². The summed E-state index contributed by atoms with van der Waals surface area (Å²) in [7, 11) is 0. The molecule has 0 nitrogen and oxygen atoms in total. The molecule has 0 aliphatic heterocycles. The van der Waals surface area contributed by atoms with Gasteiger partial charge in [0.2, 0.25) is 0 Å². The van der Waals surface area contributed by atoms with Crippen LogP contribution in [-0.4, -0.2) is 0 Å². The molecule has 0 fully saturated rings. The molecule has 0 amide bonds. The third kappa shape index (κ3) is 1.93. The van der Waals surface area contributed by atoms with E-state index in [1.54, 1.807) is 0 Å². The standard InChI is InChI=1S/C17H15Br/c1-11-6-7-12(2)16(8-11)17-10-14(18)9-13-4-3-5-15(13)17/h3-4,6-10H,5H2,1-2H3. The first kappa shape index (κ1) is 11.7. The van der Waals surface area contributed by atoms with E-state index in [0.717, 1.165) is 10.9 Å². The number of allylic oxidation sites excluding steroid dienone is 1. The van der Waals surface area contributed by atoms with Crippen molar-refractivity contribution in [1.29, 1.82) is 0 Å². The molecule has 0 N–H and O–H groups in total. The third-order valence-corrected chi connectivity index (χ3v) is 4.01. The summed E-state index contributed by atoms with van der Waals surface area (Å²) in [6.07, 6.45) is 5.51. The van der Waals surface area contributed by atoms with Crippen molar-refractivity contribution in [2.75, 3.05) is 0 Å². The van der Waals surface area contributed by atoms with Crippen LogP contribution in [0.1, 0.15) is 22.3 Å². The summed E-state index contributed by atoms with van der Waals surface area (Å²) in [5, 5.41) is 0. The lowest BCUT2D eigenvalue weighted by Crippen LogP contribution is -1.92. The summed E-state index contributed by atoms with van der Waals surface area (Å²) in [4.78, 5) is 0. The van der Waals surface area contributed by atoms with E-state index in [9.17, 15) is 0 Å². The van der Waals surface area contributed by atoms with Crippen molar-refractivity contribution in [3.63, 3.8) is 0 Å². The highest BCUT2D eigenvalue weighted by molar-refractivity contribution is 9.10. The second-order valence-electron chi connectivity index (χ2n) is 4.95. The normalized spacial score (nSPS) is 12.8. The lowest BCUT2D eigenvalue weighted by atomic mass is 9.92. The molecular formula is C17H15Br. The van der Waals surface area contributed by atoms with Gasteiger partial charge in [0.1, 0.15) is 0 Å². The average molecular weight is 299 g/mol. The Morgan fingerprint density at radius 2 is 1.83 bits per heavy atom. The van der Waals surface area contributed by atoms with E-state index >= 15 is 0 Å². The smallest absolute Gasteiger partial charge is 0.0187 e. The summed E-state index contributed by atoms with van der Waals surface area (Å²) in [6, 6.07) is 11.1. The molecule has 0 heterocycles. The van der Waals surface area contributed by atoms with Gasteiger partial charge >= 0.3 is 0 Å². The SMILES string of the molecule is Cc1ccc(C)c(-c2cc(Br)cc3c2CC=C3)c1. The molecule has 0 saturated carbocycles. The molecule has 0 radical (unpaired) electrons. The lowest BCUT2D eigenvalue weighted by molar-refractivity contribution is 1.29. The van der Waals surface area contributed by atoms with Gasteiger partial charge in [-0.3, -0.25) is 0 Å². The summed E-state index contributed by atoms with van der Waals surface area (Å²) < 4.78 is 1.16. The van der Waals surface area contributed by atoms with Crippen LogP contribution in [0, 0.1) is 13.8 Å². The molecule has 2 aromatic rings. The average Bonchev–Trinajstić information content (AvgIpc) is 2.79. The van der Waals surface area contributed by atoms with E-state index in [0.29, 0.717) is 0 Å². The van der Waals surface area contributed by atoms with Crippen molar-refractivity contribution < 1.29 is 0 Å². The minimum absolute atomic E-state index is 1.05. The number of halogens is 1. The Morgan fingerprint density at radius 1 is 1.00 bits per heavy atom. The maximum Gasteiger partial charge on any atom is 0.0187 e. The third-order valence-electron chi connectivity index (χ3n) is 3.55. The lowest BCUT2D eigenvalue weighted by Gasteiger charge is -2.13. The highest BCUT2D eigenvalue weighted by Crippen LogP contribution is 2.36. The zero-order chi connectivity index (χ0) is 12.7.